The van der Waals surface area contributed by atoms with E-state index < -0.39 is 17.5 Å². The van der Waals surface area contributed by atoms with Crippen LogP contribution in [0.5, 0.6) is 0 Å². The van der Waals surface area contributed by atoms with Crippen LogP contribution in [-0.4, -0.2) is 4.98 Å². The van der Waals surface area contributed by atoms with Crippen LogP contribution in [0, 0.1) is 17.5 Å². The maximum Gasteiger partial charge on any atom is 0.181 e. The summed E-state index contributed by atoms with van der Waals surface area (Å²) in [4.78, 5) is 3.87. The van der Waals surface area contributed by atoms with Crippen LogP contribution in [0.25, 0.3) is 0 Å². The molecule has 1 aromatic carbocycles. The van der Waals surface area contributed by atoms with Crippen LogP contribution in [0.3, 0.4) is 0 Å². The van der Waals surface area contributed by atoms with Gasteiger partial charge < -0.3 is 5.32 Å². The lowest BCUT2D eigenvalue weighted by Gasteiger charge is -2.15. The Balaban J connectivity index is 2.18. The molecule has 0 bridgehead atoms. The van der Waals surface area contributed by atoms with Gasteiger partial charge in [0.25, 0.3) is 0 Å². The molecule has 0 fully saturated rings. The lowest BCUT2D eigenvalue weighted by atomic mass is 10.2. The second-order valence-electron chi connectivity index (χ2n) is 3.87. The fourth-order valence-corrected chi connectivity index (χ4v) is 1.57. The second kappa shape index (κ2) is 5.08. The molecule has 1 N–H and O–H groups in total. The maximum absolute atomic E-state index is 13.4. The number of pyridine rings is 1. The van der Waals surface area contributed by atoms with Crippen LogP contribution >= 0.6 is 0 Å². The number of hydrogen-bond acceptors (Lipinski definition) is 2. The highest BCUT2D eigenvalue weighted by atomic mass is 19.2. The van der Waals surface area contributed by atoms with Crippen LogP contribution in [0.2, 0.25) is 0 Å². The fourth-order valence-electron chi connectivity index (χ4n) is 1.57. The molecule has 0 radical (unpaired) electrons. The zero-order valence-electron chi connectivity index (χ0n) is 9.62. The number of rotatable bonds is 3. The average Bonchev–Trinajstić information content (AvgIpc) is 2.36. The molecule has 0 saturated heterocycles. The van der Waals surface area contributed by atoms with Gasteiger partial charge in [-0.1, -0.05) is 6.07 Å². The number of halogens is 3. The van der Waals surface area contributed by atoms with Gasteiger partial charge in [-0.3, -0.25) is 4.98 Å². The third kappa shape index (κ3) is 2.61. The van der Waals surface area contributed by atoms with Crippen molar-refractivity contribution in [2.45, 2.75) is 13.0 Å². The molecule has 0 spiro atoms. The van der Waals surface area contributed by atoms with Crippen molar-refractivity contribution in [1.82, 2.24) is 4.98 Å². The molecule has 2 rings (SSSR count). The summed E-state index contributed by atoms with van der Waals surface area (Å²) in [6.07, 6.45) is 1.08. The number of nitrogens with zero attached hydrogens (tertiary/aromatic N) is 1. The average molecular weight is 252 g/mol. The van der Waals surface area contributed by atoms with Gasteiger partial charge in [0.1, 0.15) is 5.82 Å². The van der Waals surface area contributed by atoms with E-state index in [9.17, 15) is 13.2 Å². The van der Waals surface area contributed by atoms with Crippen molar-refractivity contribution in [3.63, 3.8) is 0 Å². The van der Waals surface area contributed by atoms with Gasteiger partial charge in [0.2, 0.25) is 0 Å². The zero-order chi connectivity index (χ0) is 13.1. The predicted octanol–water partition coefficient (Wildman–Crippen LogP) is 3.67. The molecule has 2 nitrogen and oxygen atoms in total. The number of anilines is 1. The standard InChI is InChI=1S/C13H11F3N2/c1-8(11-6-5-9(14)7-17-11)18-12-4-2-3-10(15)13(12)16/h2-8,18H,1H3. The van der Waals surface area contributed by atoms with Gasteiger partial charge in [-0.15, -0.1) is 0 Å². The minimum atomic E-state index is -0.938. The molecule has 0 aliphatic carbocycles. The van der Waals surface area contributed by atoms with Gasteiger partial charge in [0, 0.05) is 0 Å². The minimum absolute atomic E-state index is 0.0497. The van der Waals surface area contributed by atoms with E-state index in [-0.39, 0.29) is 11.7 Å². The molecule has 0 saturated carbocycles. The van der Waals surface area contributed by atoms with Gasteiger partial charge in [-0.2, -0.15) is 0 Å². The first-order valence-corrected chi connectivity index (χ1v) is 5.40. The SMILES string of the molecule is CC(Nc1cccc(F)c1F)c1ccc(F)cn1. The first-order valence-electron chi connectivity index (χ1n) is 5.40. The van der Waals surface area contributed by atoms with Gasteiger partial charge in [-0.05, 0) is 31.2 Å². The van der Waals surface area contributed by atoms with E-state index in [4.69, 9.17) is 0 Å². The van der Waals surface area contributed by atoms with Gasteiger partial charge in [0.15, 0.2) is 11.6 Å². The van der Waals surface area contributed by atoms with Gasteiger partial charge in [0.05, 0.1) is 23.6 Å². The smallest absolute Gasteiger partial charge is 0.181 e. The van der Waals surface area contributed by atoms with E-state index in [2.05, 4.69) is 10.3 Å². The summed E-state index contributed by atoms with van der Waals surface area (Å²) in [6, 6.07) is 6.28. The van der Waals surface area contributed by atoms with Crippen molar-refractivity contribution in [1.29, 1.82) is 0 Å². The monoisotopic (exact) mass is 252 g/mol. The summed E-state index contributed by atoms with van der Waals surface area (Å²) in [5.74, 6) is -2.30. The van der Waals surface area contributed by atoms with Crippen molar-refractivity contribution in [2.24, 2.45) is 0 Å². The molecule has 1 aromatic heterocycles. The molecule has 0 aliphatic heterocycles. The number of benzene rings is 1. The summed E-state index contributed by atoms with van der Waals surface area (Å²) in [5.41, 5.74) is 0.591. The zero-order valence-corrected chi connectivity index (χ0v) is 9.62. The fraction of sp³-hybridized carbons (Fsp3) is 0.154. The molecule has 94 valence electrons. The largest absolute Gasteiger partial charge is 0.374 e. The Bertz CT molecular complexity index is 540. The second-order valence-corrected chi connectivity index (χ2v) is 3.87. The lowest BCUT2D eigenvalue weighted by molar-refractivity contribution is 0.510. The summed E-state index contributed by atoms with van der Waals surface area (Å²) in [5, 5.41) is 2.79. The molecule has 18 heavy (non-hydrogen) atoms. The minimum Gasteiger partial charge on any atom is -0.374 e. The number of hydrogen-bond donors (Lipinski definition) is 1. The van der Waals surface area contributed by atoms with Crippen molar-refractivity contribution in [3.8, 4) is 0 Å². The highest BCUT2D eigenvalue weighted by Crippen LogP contribution is 2.22. The highest BCUT2D eigenvalue weighted by molar-refractivity contribution is 5.46. The summed E-state index contributed by atoms with van der Waals surface area (Å²) in [7, 11) is 0. The van der Waals surface area contributed by atoms with E-state index in [1.807, 2.05) is 0 Å². The quantitative estimate of drug-likeness (QED) is 0.901. The first kappa shape index (κ1) is 12.4. The molecule has 1 unspecified atom stereocenters. The topological polar surface area (TPSA) is 24.9 Å². The van der Waals surface area contributed by atoms with E-state index >= 15 is 0 Å². The van der Waals surface area contributed by atoms with Crippen molar-refractivity contribution in [2.75, 3.05) is 5.32 Å². The Labute approximate surface area is 102 Å². The Morgan fingerprint density at radius 2 is 1.89 bits per heavy atom. The molecule has 2 aromatic rings. The first-order chi connectivity index (χ1) is 8.58. The van der Waals surface area contributed by atoms with Crippen LogP contribution in [0.15, 0.2) is 36.5 Å². The van der Waals surface area contributed by atoms with E-state index in [1.54, 1.807) is 6.92 Å². The Morgan fingerprint density at radius 1 is 1.11 bits per heavy atom. The van der Waals surface area contributed by atoms with Crippen molar-refractivity contribution < 1.29 is 13.2 Å². The molecule has 1 atom stereocenters. The summed E-state index contributed by atoms with van der Waals surface area (Å²) < 4.78 is 39.1. The number of aromatic nitrogens is 1. The predicted molar refractivity (Wildman–Crippen MR) is 62.6 cm³/mol. The van der Waals surface area contributed by atoms with Crippen LogP contribution in [0.1, 0.15) is 18.7 Å². The van der Waals surface area contributed by atoms with Crippen molar-refractivity contribution in [3.05, 3.63) is 59.7 Å². The lowest BCUT2D eigenvalue weighted by Crippen LogP contribution is -2.10. The number of nitrogens with one attached hydrogen (secondary N) is 1. The summed E-state index contributed by atoms with van der Waals surface area (Å²) >= 11 is 0. The van der Waals surface area contributed by atoms with Crippen LogP contribution in [0.4, 0.5) is 18.9 Å². The van der Waals surface area contributed by atoms with E-state index in [0.717, 1.165) is 12.3 Å². The Hall–Kier alpha value is -2.04. The Kier molecular flexibility index (Phi) is 3.50. The van der Waals surface area contributed by atoms with Crippen LogP contribution in [-0.2, 0) is 0 Å². The van der Waals surface area contributed by atoms with Crippen molar-refractivity contribution >= 4 is 5.69 Å². The maximum atomic E-state index is 13.4. The molecular formula is C13H11F3N2. The highest BCUT2D eigenvalue weighted by Gasteiger charge is 2.12. The molecule has 0 amide bonds. The van der Waals surface area contributed by atoms with E-state index in [0.29, 0.717) is 5.69 Å². The molecule has 1 heterocycles. The van der Waals surface area contributed by atoms with Crippen LogP contribution < -0.4 is 5.32 Å². The third-order valence-electron chi connectivity index (χ3n) is 2.52. The molecule has 5 heteroatoms. The molecular weight excluding hydrogens is 241 g/mol. The van der Waals surface area contributed by atoms with Gasteiger partial charge >= 0.3 is 0 Å². The summed E-state index contributed by atoms with van der Waals surface area (Å²) in [6.45, 7) is 1.73. The normalized spacial score (nSPS) is 12.2. The van der Waals surface area contributed by atoms with Gasteiger partial charge in [-0.25, -0.2) is 13.2 Å². The van der Waals surface area contributed by atoms with E-state index in [1.165, 1.54) is 24.3 Å². The Morgan fingerprint density at radius 3 is 2.56 bits per heavy atom. The molecule has 0 aliphatic rings. The third-order valence-corrected chi connectivity index (χ3v) is 2.52.